The summed E-state index contributed by atoms with van der Waals surface area (Å²) in [5.41, 5.74) is 2.02. The van der Waals surface area contributed by atoms with Crippen molar-refractivity contribution in [1.82, 2.24) is 0 Å². The molecule has 0 radical (unpaired) electrons. The Bertz CT molecular complexity index is 1190. The molecule has 0 unspecified atom stereocenters. The SMILES string of the molecule is CCOC(=O)c1c(-c2cccs2)csc1NC(=O)Nc1scc(-c2cccs2)c1C(=O)OCC. The van der Waals surface area contributed by atoms with Crippen molar-refractivity contribution in [2.45, 2.75) is 13.8 Å². The van der Waals surface area contributed by atoms with Crippen molar-refractivity contribution in [3.63, 3.8) is 0 Å². The highest BCUT2D eigenvalue weighted by Gasteiger charge is 2.26. The van der Waals surface area contributed by atoms with E-state index in [4.69, 9.17) is 9.47 Å². The molecule has 4 aromatic heterocycles. The monoisotopic (exact) mass is 532 g/mol. The molecule has 4 rings (SSSR count). The summed E-state index contributed by atoms with van der Waals surface area (Å²) in [6.45, 7) is 3.89. The molecule has 0 aliphatic carbocycles. The van der Waals surface area contributed by atoms with Crippen LogP contribution in [0.3, 0.4) is 0 Å². The number of anilines is 2. The van der Waals surface area contributed by atoms with Crippen molar-refractivity contribution in [3.8, 4) is 20.9 Å². The average molecular weight is 533 g/mol. The Hall–Kier alpha value is -2.99. The Morgan fingerprint density at radius 2 is 1.18 bits per heavy atom. The molecule has 0 spiro atoms. The highest BCUT2D eigenvalue weighted by Crippen LogP contribution is 2.40. The summed E-state index contributed by atoms with van der Waals surface area (Å²) in [5.74, 6) is -1.02. The molecule has 0 saturated carbocycles. The Balaban J connectivity index is 1.61. The number of amides is 2. The minimum absolute atomic E-state index is 0.216. The van der Waals surface area contributed by atoms with E-state index >= 15 is 0 Å². The van der Waals surface area contributed by atoms with Crippen LogP contribution in [0.1, 0.15) is 34.6 Å². The first-order valence-corrected chi connectivity index (χ1v) is 13.8. The summed E-state index contributed by atoms with van der Waals surface area (Å²) in [5, 5.41) is 13.7. The van der Waals surface area contributed by atoms with Gasteiger partial charge in [-0.15, -0.1) is 45.3 Å². The van der Waals surface area contributed by atoms with Crippen molar-refractivity contribution in [1.29, 1.82) is 0 Å². The number of thiophene rings is 4. The van der Waals surface area contributed by atoms with Crippen molar-refractivity contribution < 1.29 is 23.9 Å². The second kappa shape index (κ2) is 11.0. The summed E-state index contributed by atoms with van der Waals surface area (Å²) in [6.07, 6.45) is 0. The first-order chi connectivity index (χ1) is 16.5. The van der Waals surface area contributed by atoms with Crippen molar-refractivity contribution in [3.05, 3.63) is 56.9 Å². The molecule has 0 fully saturated rings. The van der Waals surface area contributed by atoms with E-state index in [-0.39, 0.29) is 13.2 Å². The predicted octanol–water partition coefficient (Wildman–Crippen LogP) is 7.26. The van der Waals surface area contributed by atoms with Gasteiger partial charge in [0.2, 0.25) is 0 Å². The lowest BCUT2D eigenvalue weighted by atomic mass is 10.1. The van der Waals surface area contributed by atoms with Crippen LogP contribution in [-0.2, 0) is 9.47 Å². The zero-order chi connectivity index (χ0) is 24.1. The second-order valence-corrected chi connectivity index (χ2v) is 10.3. The van der Waals surface area contributed by atoms with E-state index in [9.17, 15) is 14.4 Å². The highest BCUT2D eigenvalue weighted by atomic mass is 32.1. The van der Waals surface area contributed by atoms with Gasteiger partial charge >= 0.3 is 18.0 Å². The summed E-state index contributed by atoms with van der Waals surface area (Å²) in [7, 11) is 0. The molecule has 7 nitrogen and oxygen atoms in total. The van der Waals surface area contributed by atoms with Crippen molar-refractivity contribution in [2.75, 3.05) is 23.8 Å². The van der Waals surface area contributed by atoms with E-state index in [1.165, 1.54) is 45.3 Å². The number of hydrogen-bond donors (Lipinski definition) is 2. The normalized spacial score (nSPS) is 10.6. The minimum atomic E-state index is -0.574. The molecule has 4 heterocycles. The number of carbonyl (C=O) groups is 3. The van der Waals surface area contributed by atoms with Crippen LogP contribution in [0.2, 0.25) is 0 Å². The minimum Gasteiger partial charge on any atom is -0.462 e. The third-order valence-corrected chi connectivity index (χ3v) is 8.17. The summed E-state index contributed by atoms with van der Waals surface area (Å²) in [4.78, 5) is 40.1. The van der Waals surface area contributed by atoms with E-state index in [0.717, 1.165) is 9.75 Å². The molecule has 0 aromatic carbocycles. The maximum atomic E-state index is 12.9. The van der Waals surface area contributed by atoms with Gasteiger partial charge in [-0.05, 0) is 36.7 Å². The number of carbonyl (C=O) groups excluding carboxylic acids is 3. The van der Waals surface area contributed by atoms with Gasteiger partial charge < -0.3 is 9.47 Å². The zero-order valence-corrected chi connectivity index (χ0v) is 21.5. The smallest absolute Gasteiger partial charge is 0.341 e. The van der Waals surface area contributed by atoms with Gasteiger partial charge in [0, 0.05) is 31.6 Å². The molecule has 2 amide bonds. The number of esters is 2. The van der Waals surface area contributed by atoms with Crippen molar-refractivity contribution >= 4 is 73.3 Å². The van der Waals surface area contributed by atoms with Crippen LogP contribution in [-0.4, -0.2) is 31.2 Å². The lowest BCUT2D eigenvalue weighted by Crippen LogP contribution is -2.21. The van der Waals surface area contributed by atoms with Gasteiger partial charge in [0.15, 0.2) is 0 Å². The Morgan fingerprint density at radius 3 is 1.53 bits per heavy atom. The number of rotatable bonds is 8. The molecule has 0 bridgehead atoms. The number of ether oxygens (including phenoxy) is 2. The van der Waals surface area contributed by atoms with Crippen LogP contribution >= 0.6 is 45.3 Å². The van der Waals surface area contributed by atoms with Crippen LogP contribution < -0.4 is 10.6 Å². The van der Waals surface area contributed by atoms with Crippen LogP contribution in [0.15, 0.2) is 45.8 Å². The second-order valence-electron chi connectivity index (χ2n) is 6.68. The van der Waals surface area contributed by atoms with Gasteiger partial charge in [-0.2, -0.15) is 0 Å². The maximum Gasteiger partial charge on any atom is 0.341 e. The van der Waals surface area contributed by atoms with Crippen LogP contribution in [0, 0.1) is 0 Å². The lowest BCUT2D eigenvalue weighted by Gasteiger charge is -2.10. The van der Waals surface area contributed by atoms with Gasteiger partial charge in [-0.25, -0.2) is 14.4 Å². The van der Waals surface area contributed by atoms with E-state index in [1.54, 1.807) is 13.8 Å². The number of hydrogen-bond acceptors (Lipinski definition) is 9. The molecule has 2 N–H and O–H groups in total. The fourth-order valence-electron chi connectivity index (χ4n) is 3.18. The molecule has 0 saturated heterocycles. The van der Waals surface area contributed by atoms with Crippen LogP contribution in [0.25, 0.3) is 20.9 Å². The molecular weight excluding hydrogens is 513 g/mol. The summed E-state index contributed by atoms with van der Waals surface area (Å²) >= 11 is 5.46. The molecule has 11 heteroatoms. The first-order valence-electron chi connectivity index (χ1n) is 10.3. The third kappa shape index (κ3) is 5.07. The van der Waals surface area contributed by atoms with E-state index in [2.05, 4.69) is 10.6 Å². The average Bonchev–Trinajstić information content (AvgIpc) is 3.59. The fraction of sp³-hybridized carbons (Fsp3) is 0.174. The predicted molar refractivity (Wildman–Crippen MR) is 140 cm³/mol. The molecule has 0 atom stereocenters. The van der Waals surface area contributed by atoms with Crippen molar-refractivity contribution in [2.24, 2.45) is 0 Å². The Morgan fingerprint density at radius 1 is 0.735 bits per heavy atom. The molecular formula is C23H20N2O5S4. The molecule has 0 aliphatic heterocycles. The topological polar surface area (TPSA) is 93.7 Å². The fourth-order valence-corrected chi connectivity index (χ4v) is 6.71. The maximum absolute atomic E-state index is 12.9. The Kier molecular flexibility index (Phi) is 7.78. The first kappa shape index (κ1) is 24.1. The molecule has 0 aliphatic rings. The third-order valence-electron chi connectivity index (χ3n) is 4.57. The zero-order valence-electron chi connectivity index (χ0n) is 18.2. The van der Waals surface area contributed by atoms with Gasteiger partial charge in [0.1, 0.15) is 21.1 Å². The quantitative estimate of drug-likeness (QED) is 0.233. The lowest BCUT2D eigenvalue weighted by molar-refractivity contribution is 0.0519. The molecule has 176 valence electrons. The van der Waals surface area contributed by atoms with E-state index in [1.807, 2.05) is 45.8 Å². The summed E-state index contributed by atoms with van der Waals surface area (Å²) in [6, 6.07) is 7.03. The van der Waals surface area contributed by atoms with Gasteiger partial charge in [0.25, 0.3) is 0 Å². The Labute approximate surface area is 212 Å². The van der Waals surface area contributed by atoms with Gasteiger partial charge in [-0.1, -0.05) is 12.1 Å². The largest absolute Gasteiger partial charge is 0.462 e. The number of urea groups is 1. The summed E-state index contributed by atoms with van der Waals surface area (Å²) < 4.78 is 10.5. The van der Waals surface area contributed by atoms with Gasteiger partial charge in [0.05, 0.1) is 13.2 Å². The van der Waals surface area contributed by atoms with Gasteiger partial charge in [-0.3, -0.25) is 10.6 Å². The van der Waals surface area contributed by atoms with Crippen LogP contribution in [0.4, 0.5) is 14.8 Å². The highest BCUT2D eigenvalue weighted by molar-refractivity contribution is 7.17. The standard InChI is InChI=1S/C23H20N2O5S4/c1-3-29-21(26)17-13(15-7-5-9-31-15)11-33-19(17)24-23(28)25-20-18(22(27)30-4-2)14(12-34-20)16-8-6-10-32-16/h5-12H,3-4H2,1-2H3,(H2,24,25,28). The van der Waals surface area contributed by atoms with E-state index < -0.39 is 18.0 Å². The molecule has 4 aromatic rings. The number of nitrogens with one attached hydrogen (secondary N) is 2. The molecule has 34 heavy (non-hydrogen) atoms. The van der Waals surface area contributed by atoms with Crippen LogP contribution in [0.5, 0.6) is 0 Å². The van der Waals surface area contributed by atoms with E-state index in [0.29, 0.717) is 32.3 Å².